The standard InChI is InChI=1S/C18H23NS/c1-19-17(14-16-10-7-13-20-16)18(11-5-6-12-18)15-8-3-2-4-9-15/h2-4,7-10,13,17,19H,5-6,11-12,14H2,1H3. The maximum Gasteiger partial charge on any atom is 0.0209 e. The fraction of sp³-hybridized carbons (Fsp3) is 0.444. The SMILES string of the molecule is CNC(Cc1cccs1)C1(c2ccccc2)CCCC1. The molecule has 0 aliphatic heterocycles. The summed E-state index contributed by atoms with van der Waals surface area (Å²) in [6.07, 6.45) is 6.49. The van der Waals surface area contributed by atoms with Crippen molar-refractivity contribution in [1.82, 2.24) is 5.32 Å². The van der Waals surface area contributed by atoms with Crippen molar-refractivity contribution in [3.05, 3.63) is 58.3 Å². The van der Waals surface area contributed by atoms with Crippen LogP contribution in [0.2, 0.25) is 0 Å². The summed E-state index contributed by atoms with van der Waals surface area (Å²) in [5, 5.41) is 5.81. The van der Waals surface area contributed by atoms with E-state index in [-0.39, 0.29) is 0 Å². The summed E-state index contributed by atoms with van der Waals surface area (Å²) in [5.41, 5.74) is 1.84. The lowest BCUT2D eigenvalue weighted by Gasteiger charge is -2.38. The summed E-state index contributed by atoms with van der Waals surface area (Å²) in [6.45, 7) is 0. The molecule has 0 spiro atoms. The van der Waals surface area contributed by atoms with Gasteiger partial charge in [0, 0.05) is 16.3 Å². The first-order valence-corrected chi connectivity index (χ1v) is 8.48. The first-order valence-electron chi connectivity index (χ1n) is 7.60. The minimum absolute atomic E-state index is 0.319. The molecule has 1 aliphatic carbocycles. The van der Waals surface area contributed by atoms with Gasteiger partial charge in [0.1, 0.15) is 0 Å². The first-order chi connectivity index (χ1) is 9.85. The molecular weight excluding hydrogens is 262 g/mol. The van der Waals surface area contributed by atoms with Crippen molar-refractivity contribution in [2.75, 3.05) is 7.05 Å². The molecule has 1 aromatic carbocycles. The van der Waals surface area contributed by atoms with Gasteiger partial charge in [-0.25, -0.2) is 0 Å². The fourth-order valence-electron chi connectivity index (χ4n) is 3.82. The molecule has 0 bridgehead atoms. The van der Waals surface area contributed by atoms with Gasteiger partial charge < -0.3 is 5.32 Å². The van der Waals surface area contributed by atoms with Crippen molar-refractivity contribution in [2.24, 2.45) is 0 Å². The van der Waals surface area contributed by atoms with Crippen molar-refractivity contribution in [3.63, 3.8) is 0 Å². The van der Waals surface area contributed by atoms with Gasteiger partial charge in [-0.2, -0.15) is 0 Å². The van der Waals surface area contributed by atoms with Crippen LogP contribution in [0, 0.1) is 0 Å². The van der Waals surface area contributed by atoms with Crippen LogP contribution >= 0.6 is 11.3 Å². The Hall–Kier alpha value is -1.12. The Kier molecular flexibility index (Phi) is 4.23. The molecule has 0 radical (unpaired) electrons. The molecule has 20 heavy (non-hydrogen) atoms. The van der Waals surface area contributed by atoms with E-state index in [1.165, 1.54) is 36.1 Å². The van der Waals surface area contributed by atoms with E-state index in [2.05, 4.69) is 60.2 Å². The van der Waals surface area contributed by atoms with Gasteiger partial charge in [0.25, 0.3) is 0 Å². The van der Waals surface area contributed by atoms with Crippen molar-refractivity contribution in [3.8, 4) is 0 Å². The Balaban J connectivity index is 1.92. The molecule has 0 saturated heterocycles. The molecular formula is C18H23NS. The summed E-state index contributed by atoms with van der Waals surface area (Å²) in [4.78, 5) is 1.49. The second kappa shape index (κ2) is 6.11. The molecule has 1 fully saturated rings. The number of rotatable bonds is 5. The lowest BCUT2D eigenvalue weighted by Crippen LogP contribution is -2.46. The molecule has 1 aliphatic rings. The lowest BCUT2D eigenvalue weighted by molar-refractivity contribution is 0.309. The van der Waals surface area contributed by atoms with Crippen LogP contribution < -0.4 is 5.32 Å². The first kappa shape index (κ1) is 13.8. The monoisotopic (exact) mass is 285 g/mol. The summed E-state index contributed by atoms with van der Waals surface area (Å²) >= 11 is 1.88. The molecule has 2 aromatic rings. The van der Waals surface area contributed by atoms with Crippen molar-refractivity contribution in [2.45, 2.75) is 43.6 Å². The van der Waals surface area contributed by atoms with Crippen LogP contribution in [0.5, 0.6) is 0 Å². The molecule has 0 amide bonds. The predicted octanol–water partition coefficient (Wildman–Crippen LogP) is 4.39. The van der Waals surface area contributed by atoms with Crippen LogP contribution in [0.3, 0.4) is 0 Å². The Morgan fingerprint density at radius 2 is 1.85 bits per heavy atom. The quantitative estimate of drug-likeness (QED) is 0.859. The molecule has 1 atom stereocenters. The normalized spacial score (nSPS) is 19.1. The highest BCUT2D eigenvalue weighted by molar-refractivity contribution is 7.09. The van der Waals surface area contributed by atoms with Crippen LogP contribution in [0.4, 0.5) is 0 Å². The summed E-state index contributed by atoms with van der Waals surface area (Å²) < 4.78 is 0. The second-order valence-corrected chi connectivity index (χ2v) is 6.89. The Morgan fingerprint density at radius 3 is 2.45 bits per heavy atom. The van der Waals surface area contributed by atoms with Gasteiger partial charge in [-0.3, -0.25) is 0 Å². The largest absolute Gasteiger partial charge is 0.316 e. The number of hydrogen-bond donors (Lipinski definition) is 1. The zero-order valence-corrected chi connectivity index (χ0v) is 13.0. The van der Waals surface area contributed by atoms with E-state index in [1.807, 2.05) is 11.3 Å². The molecule has 1 N–H and O–H groups in total. The predicted molar refractivity (Wildman–Crippen MR) is 87.5 cm³/mol. The molecule has 106 valence electrons. The van der Waals surface area contributed by atoms with E-state index >= 15 is 0 Å². The maximum atomic E-state index is 3.63. The molecule has 1 nitrogen and oxygen atoms in total. The third kappa shape index (κ3) is 2.55. The van der Waals surface area contributed by atoms with Crippen LogP contribution in [-0.4, -0.2) is 13.1 Å². The summed E-state index contributed by atoms with van der Waals surface area (Å²) in [7, 11) is 2.13. The van der Waals surface area contributed by atoms with E-state index in [0.29, 0.717) is 11.5 Å². The van der Waals surface area contributed by atoms with Gasteiger partial charge in [-0.15, -0.1) is 11.3 Å². The zero-order chi connectivity index (χ0) is 13.8. The second-order valence-electron chi connectivity index (χ2n) is 5.85. The van der Waals surface area contributed by atoms with Gasteiger partial charge in [-0.1, -0.05) is 49.2 Å². The Morgan fingerprint density at radius 1 is 1.10 bits per heavy atom. The molecule has 1 unspecified atom stereocenters. The average Bonchev–Trinajstić information content (AvgIpc) is 3.18. The van der Waals surface area contributed by atoms with E-state index in [9.17, 15) is 0 Å². The average molecular weight is 285 g/mol. The third-order valence-corrected chi connectivity index (χ3v) is 5.74. The topological polar surface area (TPSA) is 12.0 Å². The summed E-state index contributed by atoms with van der Waals surface area (Å²) in [5.74, 6) is 0. The highest BCUT2D eigenvalue weighted by Gasteiger charge is 2.41. The van der Waals surface area contributed by atoms with Crippen LogP contribution in [0.1, 0.15) is 36.1 Å². The Labute approximate surface area is 126 Å². The summed E-state index contributed by atoms with van der Waals surface area (Å²) in [6, 6.07) is 16.1. The molecule has 1 aromatic heterocycles. The van der Waals surface area contributed by atoms with E-state index in [1.54, 1.807) is 0 Å². The van der Waals surface area contributed by atoms with E-state index in [0.717, 1.165) is 6.42 Å². The van der Waals surface area contributed by atoms with E-state index in [4.69, 9.17) is 0 Å². The number of likely N-dealkylation sites (N-methyl/N-ethyl adjacent to an activating group) is 1. The van der Waals surface area contributed by atoms with Crippen molar-refractivity contribution in [1.29, 1.82) is 0 Å². The molecule has 1 saturated carbocycles. The van der Waals surface area contributed by atoms with Gasteiger partial charge >= 0.3 is 0 Å². The van der Waals surface area contributed by atoms with Crippen LogP contribution in [-0.2, 0) is 11.8 Å². The highest BCUT2D eigenvalue weighted by atomic mass is 32.1. The van der Waals surface area contributed by atoms with Gasteiger partial charge in [0.05, 0.1) is 0 Å². The van der Waals surface area contributed by atoms with Crippen LogP contribution in [0.25, 0.3) is 0 Å². The zero-order valence-electron chi connectivity index (χ0n) is 12.1. The smallest absolute Gasteiger partial charge is 0.0209 e. The van der Waals surface area contributed by atoms with Gasteiger partial charge in [0.15, 0.2) is 0 Å². The third-order valence-electron chi connectivity index (χ3n) is 4.85. The number of benzene rings is 1. The van der Waals surface area contributed by atoms with Gasteiger partial charge in [-0.05, 0) is 43.3 Å². The fourth-order valence-corrected chi connectivity index (χ4v) is 4.57. The molecule has 1 heterocycles. The minimum atomic E-state index is 0.319. The molecule has 2 heteroatoms. The molecule has 3 rings (SSSR count). The van der Waals surface area contributed by atoms with Crippen molar-refractivity contribution < 1.29 is 0 Å². The van der Waals surface area contributed by atoms with Gasteiger partial charge in [0.2, 0.25) is 0 Å². The van der Waals surface area contributed by atoms with Crippen molar-refractivity contribution >= 4 is 11.3 Å². The lowest BCUT2D eigenvalue weighted by atomic mass is 9.71. The highest BCUT2D eigenvalue weighted by Crippen LogP contribution is 2.44. The number of hydrogen-bond acceptors (Lipinski definition) is 2. The number of thiophene rings is 1. The minimum Gasteiger partial charge on any atom is -0.316 e. The number of nitrogens with one attached hydrogen (secondary N) is 1. The Bertz CT molecular complexity index is 512. The maximum absolute atomic E-state index is 3.63. The van der Waals surface area contributed by atoms with E-state index < -0.39 is 0 Å². The van der Waals surface area contributed by atoms with Crippen LogP contribution in [0.15, 0.2) is 47.8 Å².